The summed E-state index contributed by atoms with van der Waals surface area (Å²) in [4.78, 5) is 34.5. The van der Waals surface area contributed by atoms with E-state index in [2.05, 4.69) is 24.4 Å². The highest BCUT2D eigenvalue weighted by molar-refractivity contribution is 5.95. The van der Waals surface area contributed by atoms with E-state index in [0.29, 0.717) is 47.9 Å². The van der Waals surface area contributed by atoms with Crippen LogP contribution in [0.5, 0.6) is 0 Å². The lowest BCUT2D eigenvalue weighted by atomic mass is 9.93. The molecule has 1 aliphatic carbocycles. The Kier molecular flexibility index (Phi) is 6.27. The van der Waals surface area contributed by atoms with Crippen LogP contribution in [0.15, 0.2) is 60.9 Å². The first-order valence-electron chi connectivity index (χ1n) is 14.3. The predicted octanol–water partition coefficient (Wildman–Crippen LogP) is 5.38. The number of nitrogens with one attached hydrogen (secondary N) is 1. The Bertz CT molecular complexity index is 1680. The molecular weight excluding hydrogens is 521 g/mol. The number of aromatic nitrogens is 2. The fraction of sp³-hybridized carbons (Fsp3) is 0.344. The zero-order valence-corrected chi connectivity index (χ0v) is 22.9. The number of rotatable bonds is 4. The minimum absolute atomic E-state index is 0.0113. The third-order valence-corrected chi connectivity index (χ3v) is 8.65. The Morgan fingerprint density at radius 1 is 1.02 bits per heavy atom. The van der Waals surface area contributed by atoms with Crippen LogP contribution >= 0.6 is 0 Å². The van der Waals surface area contributed by atoms with Gasteiger partial charge in [0, 0.05) is 43.3 Å². The van der Waals surface area contributed by atoms with Crippen LogP contribution in [0.2, 0.25) is 0 Å². The summed E-state index contributed by atoms with van der Waals surface area (Å²) in [6, 6.07) is 14.4. The largest absolute Gasteiger partial charge is 0.391 e. The van der Waals surface area contributed by atoms with Crippen molar-refractivity contribution in [3.05, 3.63) is 89.0 Å². The van der Waals surface area contributed by atoms with Gasteiger partial charge in [-0.3, -0.25) is 4.79 Å². The van der Waals surface area contributed by atoms with Crippen LogP contribution in [0.25, 0.3) is 16.9 Å². The van der Waals surface area contributed by atoms with Crippen molar-refractivity contribution >= 4 is 23.3 Å². The van der Waals surface area contributed by atoms with E-state index in [1.807, 2.05) is 33.7 Å². The second-order valence-electron chi connectivity index (χ2n) is 11.5. The summed E-state index contributed by atoms with van der Waals surface area (Å²) in [7, 11) is 0. The van der Waals surface area contributed by atoms with Gasteiger partial charge in [0.1, 0.15) is 11.5 Å². The van der Waals surface area contributed by atoms with Crippen LogP contribution in [0.4, 0.5) is 14.9 Å². The third kappa shape index (κ3) is 4.74. The number of imidazole rings is 1. The Hall–Kier alpha value is -4.24. The molecule has 4 heterocycles. The molecule has 2 aliphatic heterocycles. The van der Waals surface area contributed by atoms with Crippen molar-refractivity contribution in [3.8, 4) is 11.3 Å². The zero-order valence-electron chi connectivity index (χ0n) is 22.9. The number of urea groups is 1. The molecule has 2 N–H and O–H groups in total. The molecule has 4 aromatic rings. The Morgan fingerprint density at radius 3 is 2.61 bits per heavy atom. The third-order valence-electron chi connectivity index (χ3n) is 8.65. The van der Waals surface area contributed by atoms with Gasteiger partial charge in [-0.25, -0.2) is 14.2 Å². The van der Waals surface area contributed by atoms with Gasteiger partial charge in [-0.2, -0.15) is 0 Å². The SMILES string of the molecule is C[C@@H]1c2ccccc2CCN1C(=O)c1cc(C2CC2)c2nc(-c3ccc(NC(=O)N4CC[C@@H](O)C4)cc3F)cn2c1. The molecule has 9 heteroatoms. The van der Waals surface area contributed by atoms with Crippen molar-refractivity contribution in [2.75, 3.05) is 25.0 Å². The summed E-state index contributed by atoms with van der Waals surface area (Å²) >= 11 is 0. The van der Waals surface area contributed by atoms with Gasteiger partial charge in [0.25, 0.3) is 5.91 Å². The number of aliphatic hydroxyl groups is 1. The number of carbonyl (C=O) groups is 2. The first-order chi connectivity index (χ1) is 19.9. The van der Waals surface area contributed by atoms with Gasteiger partial charge in [-0.15, -0.1) is 0 Å². The number of aliphatic hydroxyl groups excluding tert-OH is 1. The highest BCUT2D eigenvalue weighted by Crippen LogP contribution is 2.43. The minimum atomic E-state index is -0.522. The van der Waals surface area contributed by atoms with Crippen LogP contribution in [0.1, 0.15) is 65.2 Å². The molecule has 7 rings (SSSR count). The maximum atomic E-state index is 15.3. The number of amides is 3. The molecule has 0 unspecified atom stereocenters. The summed E-state index contributed by atoms with van der Waals surface area (Å²) in [6.45, 7) is 3.47. The van der Waals surface area contributed by atoms with E-state index in [9.17, 15) is 14.7 Å². The number of benzene rings is 2. The molecule has 0 bridgehead atoms. The zero-order chi connectivity index (χ0) is 28.2. The second-order valence-corrected chi connectivity index (χ2v) is 11.5. The number of carbonyl (C=O) groups excluding carboxylic acids is 2. The van der Waals surface area contributed by atoms with E-state index in [1.165, 1.54) is 22.1 Å². The Balaban J connectivity index is 1.17. The van der Waals surface area contributed by atoms with Crippen LogP contribution in [-0.4, -0.2) is 62.0 Å². The molecule has 2 aromatic heterocycles. The van der Waals surface area contributed by atoms with Gasteiger partial charge in [0.15, 0.2) is 0 Å². The van der Waals surface area contributed by atoms with E-state index in [1.54, 1.807) is 18.3 Å². The van der Waals surface area contributed by atoms with Gasteiger partial charge >= 0.3 is 6.03 Å². The quantitative estimate of drug-likeness (QED) is 0.355. The molecule has 210 valence electrons. The monoisotopic (exact) mass is 553 g/mol. The average Bonchev–Trinajstić information content (AvgIpc) is 3.58. The van der Waals surface area contributed by atoms with E-state index < -0.39 is 11.9 Å². The molecule has 3 aliphatic rings. The first-order valence-corrected chi connectivity index (χ1v) is 14.3. The van der Waals surface area contributed by atoms with Crippen LogP contribution < -0.4 is 5.32 Å². The molecule has 2 fully saturated rings. The maximum absolute atomic E-state index is 15.3. The van der Waals surface area contributed by atoms with Gasteiger partial charge in [-0.1, -0.05) is 24.3 Å². The molecule has 2 atom stereocenters. The molecule has 0 spiro atoms. The molecule has 8 nitrogen and oxygen atoms in total. The van der Waals surface area contributed by atoms with Crippen LogP contribution in [-0.2, 0) is 6.42 Å². The molecule has 1 saturated heterocycles. The lowest BCUT2D eigenvalue weighted by molar-refractivity contribution is 0.0677. The number of nitrogens with zero attached hydrogens (tertiary/aromatic N) is 4. The van der Waals surface area contributed by atoms with Crippen molar-refractivity contribution in [1.29, 1.82) is 0 Å². The lowest BCUT2D eigenvalue weighted by Crippen LogP contribution is -2.39. The van der Waals surface area contributed by atoms with Crippen LogP contribution in [0, 0.1) is 5.82 Å². The molecule has 41 heavy (non-hydrogen) atoms. The average molecular weight is 554 g/mol. The van der Waals surface area contributed by atoms with Crippen molar-refractivity contribution in [1.82, 2.24) is 19.2 Å². The number of halogens is 1. The number of hydrogen-bond donors (Lipinski definition) is 2. The predicted molar refractivity (Wildman–Crippen MR) is 153 cm³/mol. The van der Waals surface area contributed by atoms with E-state index >= 15 is 4.39 Å². The highest BCUT2D eigenvalue weighted by atomic mass is 19.1. The number of fused-ring (bicyclic) bond motifs is 2. The smallest absolute Gasteiger partial charge is 0.321 e. The highest BCUT2D eigenvalue weighted by Gasteiger charge is 2.32. The van der Waals surface area contributed by atoms with E-state index in [0.717, 1.165) is 30.5 Å². The van der Waals surface area contributed by atoms with Crippen molar-refractivity contribution in [3.63, 3.8) is 0 Å². The van der Waals surface area contributed by atoms with E-state index in [4.69, 9.17) is 4.98 Å². The topological polar surface area (TPSA) is 90.2 Å². The molecule has 3 amide bonds. The fourth-order valence-corrected chi connectivity index (χ4v) is 6.21. The molecule has 0 radical (unpaired) electrons. The summed E-state index contributed by atoms with van der Waals surface area (Å²) in [5.74, 6) is -0.174. The second kappa shape index (κ2) is 9.99. The lowest BCUT2D eigenvalue weighted by Gasteiger charge is -2.35. The summed E-state index contributed by atoms with van der Waals surface area (Å²) in [5.41, 5.74) is 5.97. The van der Waals surface area contributed by atoms with Crippen molar-refractivity contribution in [2.24, 2.45) is 0 Å². The molecular formula is C32H32FN5O3. The Labute approximate surface area is 237 Å². The minimum Gasteiger partial charge on any atom is -0.391 e. The fourth-order valence-electron chi connectivity index (χ4n) is 6.21. The number of pyridine rings is 1. The Morgan fingerprint density at radius 2 is 1.85 bits per heavy atom. The number of likely N-dealkylation sites (tertiary alicyclic amines) is 1. The van der Waals surface area contributed by atoms with Gasteiger partial charge in [0.05, 0.1) is 23.4 Å². The maximum Gasteiger partial charge on any atom is 0.321 e. The van der Waals surface area contributed by atoms with E-state index in [-0.39, 0.29) is 24.5 Å². The van der Waals surface area contributed by atoms with Gasteiger partial charge in [-0.05, 0) is 79.5 Å². The summed E-state index contributed by atoms with van der Waals surface area (Å²) in [6.07, 6.45) is 6.51. The van der Waals surface area contributed by atoms with Gasteiger partial charge < -0.3 is 24.6 Å². The number of β-amino-alcohol motifs (C(OH)–C–C–N with tert-alkyl or cyclic N) is 1. The summed E-state index contributed by atoms with van der Waals surface area (Å²) < 4.78 is 17.2. The van der Waals surface area contributed by atoms with Crippen molar-refractivity contribution in [2.45, 2.75) is 50.7 Å². The van der Waals surface area contributed by atoms with Crippen LogP contribution in [0.3, 0.4) is 0 Å². The van der Waals surface area contributed by atoms with Gasteiger partial charge in [0.2, 0.25) is 0 Å². The first kappa shape index (κ1) is 25.7. The van der Waals surface area contributed by atoms with Crippen molar-refractivity contribution < 1.29 is 19.1 Å². The normalized spacial score (nSPS) is 20.4. The molecule has 2 aromatic carbocycles. The number of anilines is 1. The molecule has 1 saturated carbocycles. The number of hydrogen-bond acceptors (Lipinski definition) is 4. The summed E-state index contributed by atoms with van der Waals surface area (Å²) in [5, 5.41) is 12.4. The standard InChI is InChI=1S/C32H32FN5O3/c1-19-25-5-3-2-4-20(25)10-13-38(19)31(40)22-14-27(21-6-7-21)30-35-29(18-37(30)16-22)26-9-8-23(15-28(26)33)34-32(41)36-12-11-24(39)17-36/h2-5,8-9,14-16,18-19,21,24,39H,6-7,10-13,17H2,1H3,(H,34,41)/t19-,24-/m1/s1.